The van der Waals surface area contributed by atoms with Gasteiger partial charge in [0.15, 0.2) is 0 Å². The highest BCUT2D eigenvalue weighted by molar-refractivity contribution is 7.21. The van der Waals surface area contributed by atoms with Crippen LogP contribution >= 0.6 is 22.7 Å². The number of aryl methyl sites for hydroxylation is 1. The van der Waals surface area contributed by atoms with Gasteiger partial charge in [-0.1, -0.05) is 0 Å². The highest BCUT2D eigenvalue weighted by atomic mass is 32.1. The van der Waals surface area contributed by atoms with Gasteiger partial charge < -0.3 is 20.1 Å². The van der Waals surface area contributed by atoms with Crippen molar-refractivity contribution in [1.82, 2.24) is 15.2 Å². The minimum atomic E-state index is -0.117. The first kappa shape index (κ1) is 22.5. The summed E-state index contributed by atoms with van der Waals surface area (Å²) in [7, 11) is 0. The van der Waals surface area contributed by atoms with Gasteiger partial charge in [0.25, 0.3) is 11.8 Å². The summed E-state index contributed by atoms with van der Waals surface area (Å²) < 4.78 is 8.06. The number of rotatable bonds is 6. The van der Waals surface area contributed by atoms with Gasteiger partial charge in [0, 0.05) is 39.8 Å². The molecule has 0 radical (unpaired) electrons. The molecular formula is C26H25N3O4S2. The molecule has 0 unspecified atom stereocenters. The largest absolute Gasteiger partial charge is 0.456 e. The number of benzene rings is 1. The number of hydrogen-bond acceptors (Lipinski definition) is 7. The lowest BCUT2D eigenvalue weighted by Crippen LogP contribution is -2.37. The standard InChI is InChI=1S/C26H25N3O4S2/c1-14-23(25(31)28-15-4-5-15)18-7-6-17(11-21(18)34-14)33-20-8-9-27-19-12-22(35-24(19)20)26(32)29-10-2-3-16(29)13-30/h6-9,11-12,15-16,30H,2-5,10,13H2,1H3,(H,28,31)/t16-/m0/s1. The van der Waals surface area contributed by atoms with Crippen LogP contribution in [0.5, 0.6) is 11.5 Å². The van der Waals surface area contributed by atoms with Crippen LogP contribution in [0.2, 0.25) is 0 Å². The number of nitrogens with zero attached hydrogens (tertiary/aromatic N) is 2. The maximum Gasteiger partial charge on any atom is 0.264 e. The van der Waals surface area contributed by atoms with E-state index in [4.69, 9.17) is 4.74 Å². The number of aromatic nitrogens is 1. The van der Waals surface area contributed by atoms with E-state index in [1.54, 1.807) is 34.6 Å². The number of ether oxygens (including phenoxy) is 1. The van der Waals surface area contributed by atoms with E-state index in [0.717, 1.165) is 50.9 Å². The maximum absolute atomic E-state index is 13.1. The summed E-state index contributed by atoms with van der Waals surface area (Å²) in [4.78, 5) is 33.6. The third-order valence-electron chi connectivity index (χ3n) is 6.64. The summed E-state index contributed by atoms with van der Waals surface area (Å²) in [5.74, 6) is 1.24. The van der Waals surface area contributed by atoms with E-state index in [1.165, 1.54) is 11.3 Å². The summed E-state index contributed by atoms with van der Waals surface area (Å²) in [6, 6.07) is 9.59. The zero-order chi connectivity index (χ0) is 24.1. The first-order valence-electron chi connectivity index (χ1n) is 11.8. The average molecular weight is 508 g/mol. The summed E-state index contributed by atoms with van der Waals surface area (Å²) in [5, 5.41) is 13.6. The number of thiophene rings is 2. The number of hydrogen-bond donors (Lipinski definition) is 2. The Kier molecular flexibility index (Phi) is 5.70. The monoisotopic (exact) mass is 507 g/mol. The van der Waals surface area contributed by atoms with Crippen LogP contribution < -0.4 is 10.1 Å². The minimum Gasteiger partial charge on any atom is -0.456 e. The van der Waals surface area contributed by atoms with E-state index in [-0.39, 0.29) is 24.5 Å². The fraction of sp³-hybridized carbons (Fsp3) is 0.346. The minimum absolute atomic E-state index is 0.00187. The molecule has 1 aromatic carbocycles. The number of amides is 2. The molecule has 1 aliphatic carbocycles. The third-order valence-corrected chi connectivity index (χ3v) is 8.84. The summed E-state index contributed by atoms with van der Waals surface area (Å²) in [6.45, 7) is 2.62. The van der Waals surface area contributed by atoms with Crippen molar-refractivity contribution >= 4 is 54.8 Å². The first-order valence-corrected chi connectivity index (χ1v) is 13.5. The van der Waals surface area contributed by atoms with Gasteiger partial charge in [0.1, 0.15) is 11.5 Å². The van der Waals surface area contributed by atoms with Gasteiger partial charge in [-0.3, -0.25) is 14.6 Å². The van der Waals surface area contributed by atoms with Crippen LogP contribution in [-0.4, -0.2) is 52.0 Å². The molecule has 1 atom stereocenters. The zero-order valence-electron chi connectivity index (χ0n) is 19.2. The van der Waals surface area contributed by atoms with E-state index >= 15 is 0 Å². The van der Waals surface area contributed by atoms with Crippen molar-refractivity contribution in [1.29, 1.82) is 0 Å². The lowest BCUT2D eigenvalue weighted by Gasteiger charge is -2.22. The molecule has 35 heavy (non-hydrogen) atoms. The Balaban J connectivity index is 1.28. The number of pyridine rings is 1. The van der Waals surface area contributed by atoms with E-state index in [9.17, 15) is 14.7 Å². The molecule has 2 amide bonds. The highest BCUT2D eigenvalue weighted by Crippen LogP contribution is 2.39. The lowest BCUT2D eigenvalue weighted by molar-refractivity contribution is 0.0682. The summed E-state index contributed by atoms with van der Waals surface area (Å²) in [6.07, 6.45) is 5.53. The molecule has 180 valence electrons. The second-order valence-electron chi connectivity index (χ2n) is 9.15. The highest BCUT2D eigenvalue weighted by Gasteiger charge is 2.30. The number of aliphatic hydroxyl groups excluding tert-OH is 1. The van der Waals surface area contributed by atoms with E-state index in [2.05, 4.69) is 10.3 Å². The van der Waals surface area contributed by atoms with Crippen LogP contribution in [0.15, 0.2) is 36.5 Å². The Morgan fingerprint density at radius 3 is 2.86 bits per heavy atom. The molecule has 4 heterocycles. The molecule has 0 bridgehead atoms. The molecule has 2 fully saturated rings. The van der Waals surface area contributed by atoms with Gasteiger partial charge in [0.05, 0.1) is 33.3 Å². The van der Waals surface area contributed by atoms with Crippen molar-refractivity contribution in [3.05, 3.63) is 51.8 Å². The van der Waals surface area contributed by atoms with Gasteiger partial charge in [-0.15, -0.1) is 22.7 Å². The van der Waals surface area contributed by atoms with Crippen molar-refractivity contribution < 1.29 is 19.4 Å². The van der Waals surface area contributed by atoms with E-state index < -0.39 is 0 Å². The molecule has 6 rings (SSSR count). The van der Waals surface area contributed by atoms with Crippen LogP contribution in [0, 0.1) is 6.92 Å². The Hall–Kier alpha value is -3.01. The molecule has 9 heteroatoms. The van der Waals surface area contributed by atoms with Gasteiger partial charge in [-0.25, -0.2) is 0 Å². The molecule has 3 aromatic heterocycles. The lowest BCUT2D eigenvalue weighted by atomic mass is 10.1. The zero-order valence-corrected chi connectivity index (χ0v) is 20.9. The first-order chi connectivity index (χ1) is 17.0. The van der Waals surface area contributed by atoms with Crippen LogP contribution in [0.25, 0.3) is 20.3 Å². The second kappa shape index (κ2) is 8.89. The predicted molar refractivity (Wildman–Crippen MR) is 138 cm³/mol. The maximum atomic E-state index is 13.1. The number of carbonyl (C=O) groups is 2. The fourth-order valence-electron chi connectivity index (χ4n) is 4.69. The van der Waals surface area contributed by atoms with Crippen molar-refractivity contribution in [2.24, 2.45) is 0 Å². The number of likely N-dealkylation sites (tertiary alicyclic amines) is 1. The molecule has 0 spiro atoms. The van der Waals surface area contributed by atoms with Gasteiger partial charge in [0.2, 0.25) is 0 Å². The van der Waals surface area contributed by atoms with Crippen molar-refractivity contribution in [2.45, 2.75) is 44.7 Å². The molecule has 1 saturated heterocycles. The molecule has 7 nitrogen and oxygen atoms in total. The Labute approximate surface area is 210 Å². The average Bonchev–Trinajstić information content (AvgIpc) is 3.24. The van der Waals surface area contributed by atoms with Crippen molar-refractivity contribution in [3.63, 3.8) is 0 Å². The quantitative estimate of drug-likeness (QED) is 0.379. The van der Waals surface area contributed by atoms with Crippen LogP contribution in [0.4, 0.5) is 0 Å². The van der Waals surface area contributed by atoms with E-state index in [0.29, 0.717) is 34.5 Å². The van der Waals surface area contributed by atoms with Gasteiger partial charge in [-0.2, -0.15) is 0 Å². The number of carbonyl (C=O) groups excluding carboxylic acids is 2. The molecular weight excluding hydrogens is 482 g/mol. The van der Waals surface area contributed by atoms with Crippen LogP contribution in [0.1, 0.15) is 50.6 Å². The number of aliphatic hydroxyl groups is 1. The molecule has 1 aliphatic heterocycles. The molecule has 4 aromatic rings. The summed E-state index contributed by atoms with van der Waals surface area (Å²) in [5.41, 5.74) is 1.46. The Morgan fingerprint density at radius 2 is 2.06 bits per heavy atom. The van der Waals surface area contributed by atoms with Crippen LogP contribution in [0.3, 0.4) is 0 Å². The SMILES string of the molecule is Cc1sc2cc(Oc3ccnc4cc(C(=O)N5CCC[C@H]5CO)sc34)ccc2c1C(=O)NC1CC1. The Morgan fingerprint density at radius 1 is 1.20 bits per heavy atom. The van der Waals surface area contributed by atoms with Gasteiger partial charge in [-0.05, 0) is 56.9 Å². The fourth-order valence-corrected chi connectivity index (χ4v) is 6.80. The topological polar surface area (TPSA) is 91.8 Å². The summed E-state index contributed by atoms with van der Waals surface area (Å²) >= 11 is 2.95. The van der Waals surface area contributed by atoms with Crippen molar-refractivity contribution in [3.8, 4) is 11.5 Å². The number of fused-ring (bicyclic) bond motifs is 2. The normalized spacial score (nSPS) is 17.9. The van der Waals surface area contributed by atoms with E-state index in [1.807, 2.05) is 25.1 Å². The second-order valence-corrected chi connectivity index (χ2v) is 11.5. The molecule has 2 N–H and O–H groups in total. The Bertz CT molecular complexity index is 1460. The van der Waals surface area contributed by atoms with Crippen molar-refractivity contribution in [2.75, 3.05) is 13.2 Å². The smallest absolute Gasteiger partial charge is 0.264 e. The molecule has 1 saturated carbocycles. The van der Waals surface area contributed by atoms with Crippen LogP contribution in [-0.2, 0) is 0 Å². The van der Waals surface area contributed by atoms with Gasteiger partial charge >= 0.3 is 0 Å². The molecule has 2 aliphatic rings. The predicted octanol–water partition coefficient (Wildman–Crippen LogP) is 5.10. The number of nitrogens with one attached hydrogen (secondary N) is 1. The third kappa shape index (κ3) is 4.17.